The van der Waals surface area contributed by atoms with Crippen LogP contribution in [0.1, 0.15) is 10.4 Å². The number of hydrogen-bond acceptors (Lipinski definition) is 4. The third-order valence-corrected chi connectivity index (χ3v) is 4.51. The number of ether oxygens (including phenoxy) is 1. The number of rotatable bonds is 2. The van der Waals surface area contributed by atoms with Crippen LogP contribution in [0.4, 0.5) is 0 Å². The van der Waals surface area contributed by atoms with E-state index in [0.29, 0.717) is 16.0 Å². The first-order chi connectivity index (χ1) is 12.5. The summed E-state index contributed by atoms with van der Waals surface area (Å²) in [6.07, 6.45) is 0. The Morgan fingerprint density at radius 3 is 2.58 bits per heavy atom. The lowest BCUT2D eigenvalue weighted by atomic mass is 10.0. The molecule has 0 atom stereocenters. The summed E-state index contributed by atoms with van der Waals surface area (Å²) in [4.78, 5) is 24.7. The largest absolute Gasteiger partial charge is 0.422 e. The maximum atomic E-state index is 12.5. The van der Waals surface area contributed by atoms with Gasteiger partial charge in [-0.2, -0.15) is 0 Å². The van der Waals surface area contributed by atoms with Crippen molar-refractivity contribution in [3.05, 3.63) is 86.7 Å². The molecule has 26 heavy (non-hydrogen) atoms. The molecule has 0 aliphatic carbocycles. The summed E-state index contributed by atoms with van der Waals surface area (Å²) < 4.78 is 10.5. The Balaban J connectivity index is 1.84. The van der Waals surface area contributed by atoms with Gasteiger partial charge in [-0.3, -0.25) is 0 Å². The molecule has 3 aromatic carbocycles. The summed E-state index contributed by atoms with van der Waals surface area (Å²) in [7, 11) is 0. The molecule has 1 aromatic heterocycles. The van der Waals surface area contributed by atoms with Gasteiger partial charge in [0.15, 0.2) is 5.75 Å². The van der Waals surface area contributed by atoms with Gasteiger partial charge in [-0.1, -0.05) is 53.5 Å². The number of hydrogen-bond donors (Lipinski definition) is 0. The molecule has 1 heterocycles. The van der Waals surface area contributed by atoms with Crippen molar-refractivity contribution in [3.8, 4) is 5.75 Å². The van der Waals surface area contributed by atoms with E-state index in [1.54, 1.807) is 12.1 Å². The quantitative estimate of drug-likeness (QED) is 0.199. The van der Waals surface area contributed by atoms with Gasteiger partial charge < -0.3 is 9.15 Å². The lowest BCUT2D eigenvalue weighted by molar-refractivity contribution is 0.0730. The summed E-state index contributed by atoms with van der Waals surface area (Å²) >= 11 is 11.9. The highest BCUT2D eigenvalue weighted by molar-refractivity contribution is 6.34. The second-order valence-electron chi connectivity index (χ2n) is 5.61. The van der Waals surface area contributed by atoms with Crippen LogP contribution >= 0.6 is 23.2 Å². The minimum Gasteiger partial charge on any atom is -0.422 e. The molecule has 0 aliphatic heterocycles. The van der Waals surface area contributed by atoms with Gasteiger partial charge in [0.2, 0.25) is 0 Å². The molecule has 4 nitrogen and oxygen atoms in total. The number of halogens is 2. The fourth-order valence-electron chi connectivity index (χ4n) is 2.72. The molecule has 0 unspecified atom stereocenters. The number of benzene rings is 3. The van der Waals surface area contributed by atoms with Crippen LogP contribution in [0, 0.1) is 0 Å². The van der Waals surface area contributed by atoms with Crippen LogP contribution in [-0.4, -0.2) is 5.97 Å². The Morgan fingerprint density at radius 2 is 1.73 bits per heavy atom. The summed E-state index contributed by atoms with van der Waals surface area (Å²) in [5, 5.41) is 3.04. The molecule has 4 aromatic rings. The van der Waals surface area contributed by atoms with Crippen molar-refractivity contribution in [2.75, 3.05) is 0 Å². The lowest BCUT2D eigenvalue weighted by Crippen LogP contribution is -2.18. The summed E-state index contributed by atoms with van der Waals surface area (Å²) in [5.41, 5.74) is -0.605. The highest BCUT2D eigenvalue weighted by Gasteiger charge is 2.18. The van der Waals surface area contributed by atoms with Crippen molar-refractivity contribution in [2.45, 2.75) is 0 Å². The van der Waals surface area contributed by atoms with Gasteiger partial charge in [-0.15, -0.1) is 0 Å². The predicted molar refractivity (Wildman–Crippen MR) is 101 cm³/mol. The minimum atomic E-state index is -0.863. The maximum Gasteiger partial charge on any atom is 0.351 e. The maximum absolute atomic E-state index is 12.5. The Bertz CT molecular complexity index is 1230. The molecule has 0 N–H and O–H groups in total. The summed E-state index contributed by atoms with van der Waals surface area (Å²) in [6, 6.07) is 17.1. The topological polar surface area (TPSA) is 56.5 Å². The first-order valence-corrected chi connectivity index (χ1v) is 8.41. The van der Waals surface area contributed by atoms with E-state index in [1.165, 1.54) is 18.2 Å². The molecule has 0 bridgehead atoms. The van der Waals surface area contributed by atoms with Gasteiger partial charge in [-0.25, -0.2) is 9.59 Å². The average molecular weight is 385 g/mol. The zero-order valence-electron chi connectivity index (χ0n) is 13.2. The van der Waals surface area contributed by atoms with E-state index in [9.17, 15) is 9.59 Å². The van der Waals surface area contributed by atoms with Crippen molar-refractivity contribution in [1.82, 2.24) is 0 Å². The van der Waals surface area contributed by atoms with E-state index in [0.717, 1.165) is 10.8 Å². The fourth-order valence-corrected chi connectivity index (χ4v) is 3.04. The van der Waals surface area contributed by atoms with Gasteiger partial charge in [0.1, 0.15) is 11.1 Å². The Kier molecular flexibility index (Phi) is 4.15. The third-order valence-electron chi connectivity index (χ3n) is 3.96. The average Bonchev–Trinajstić information content (AvgIpc) is 2.64. The van der Waals surface area contributed by atoms with E-state index < -0.39 is 11.6 Å². The molecular formula is C20H10Cl2O4. The van der Waals surface area contributed by atoms with Gasteiger partial charge in [0.25, 0.3) is 0 Å². The summed E-state index contributed by atoms with van der Waals surface area (Å²) in [5.74, 6) is -0.792. The molecule has 0 saturated heterocycles. The first-order valence-electron chi connectivity index (χ1n) is 7.66. The molecule has 0 amide bonds. The van der Waals surface area contributed by atoms with E-state index in [-0.39, 0.29) is 16.3 Å². The van der Waals surface area contributed by atoms with Crippen LogP contribution in [0.3, 0.4) is 0 Å². The molecule has 6 heteroatoms. The fraction of sp³-hybridized carbons (Fsp3) is 0. The van der Waals surface area contributed by atoms with Crippen LogP contribution in [0.15, 0.2) is 69.9 Å². The van der Waals surface area contributed by atoms with Crippen molar-refractivity contribution in [3.63, 3.8) is 0 Å². The SMILES string of the molecule is O=C(Oc1cc(Cl)ccc1Cl)c1cc2c(ccc3ccccc32)oc1=O. The number of esters is 1. The third kappa shape index (κ3) is 2.94. The minimum absolute atomic E-state index is 0.0709. The second-order valence-corrected chi connectivity index (χ2v) is 6.45. The van der Waals surface area contributed by atoms with Gasteiger partial charge in [0.05, 0.1) is 5.02 Å². The monoisotopic (exact) mass is 384 g/mol. The van der Waals surface area contributed by atoms with Gasteiger partial charge in [-0.05, 0) is 35.0 Å². The molecule has 0 radical (unpaired) electrons. The van der Waals surface area contributed by atoms with Crippen molar-refractivity contribution >= 4 is 50.9 Å². The molecule has 0 fully saturated rings. The van der Waals surface area contributed by atoms with Crippen LogP contribution in [0.5, 0.6) is 5.75 Å². The van der Waals surface area contributed by atoms with Crippen molar-refractivity contribution < 1.29 is 13.9 Å². The molecule has 0 spiro atoms. The van der Waals surface area contributed by atoms with Crippen LogP contribution in [0.2, 0.25) is 10.0 Å². The number of fused-ring (bicyclic) bond motifs is 3. The Labute approximate surface area is 157 Å². The molecule has 128 valence electrons. The summed E-state index contributed by atoms with van der Waals surface area (Å²) in [6.45, 7) is 0. The Morgan fingerprint density at radius 1 is 0.923 bits per heavy atom. The highest BCUT2D eigenvalue weighted by atomic mass is 35.5. The normalized spacial score (nSPS) is 11.0. The van der Waals surface area contributed by atoms with Crippen molar-refractivity contribution in [2.24, 2.45) is 0 Å². The standard InChI is InChI=1S/C20H10Cl2O4/c21-12-6-7-16(22)18(9-12)26-20(24)15-10-14-13-4-2-1-3-11(13)5-8-17(14)25-19(15)23/h1-10H. The zero-order valence-corrected chi connectivity index (χ0v) is 14.7. The van der Waals surface area contributed by atoms with E-state index in [1.807, 2.05) is 30.3 Å². The van der Waals surface area contributed by atoms with Crippen LogP contribution in [0.25, 0.3) is 21.7 Å². The predicted octanol–water partition coefficient (Wildman–Crippen LogP) is 5.47. The van der Waals surface area contributed by atoms with Gasteiger partial charge >= 0.3 is 11.6 Å². The molecule has 4 rings (SSSR count). The second kappa shape index (κ2) is 6.48. The highest BCUT2D eigenvalue weighted by Crippen LogP contribution is 2.29. The smallest absolute Gasteiger partial charge is 0.351 e. The Hall–Kier alpha value is -2.82. The number of carbonyl (C=O) groups is 1. The molecule has 0 aliphatic rings. The van der Waals surface area contributed by atoms with Crippen molar-refractivity contribution in [1.29, 1.82) is 0 Å². The number of carbonyl (C=O) groups excluding carboxylic acids is 1. The molecule has 0 saturated carbocycles. The first kappa shape index (κ1) is 16.6. The van der Waals surface area contributed by atoms with E-state index >= 15 is 0 Å². The zero-order chi connectivity index (χ0) is 18.3. The lowest BCUT2D eigenvalue weighted by Gasteiger charge is -2.07. The van der Waals surface area contributed by atoms with E-state index in [4.69, 9.17) is 32.4 Å². The van der Waals surface area contributed by atoms with E-state index in [2.05, 4.69) is 0 Å². The van der Waals surface area contributed by atoms with Crippen LogP contribution in [-0.2, 0) is 0 Å². The molecular weight excluding hydrogens is 375 g/mol. The van der Waals surface area contributed by atoms with Gasteiger partial charge in [0, 0.05) is 16.5 Å². The van der Waals surface area contributed by atoms with Crippen LogP contribution < -0.4 is 10.4 Å².